The molecule has 0 aliphatic heterocycles. The van der Waals surface area contributed by atoms with E-state index in [9.17, 15) is 43.2 Å². The van der Waals surface area contributed by atoms with Gasteiger partial charge in [-0.05, 0) is 31.6 Å². The number of unbranched alkanes of at least 4 members (excludes halogenated alkanes) is 37. The molecule has 0 saturated heterocycles. The maximum atomic E-state index is 13.0. The van der Waals surface area contributed by atoms with Crippen LogP contribution in [0.1, 0.15) is 336 Å². The third-order valence-electron chi connectivity index (χ3n) is 15.6. The Balaban J connectivity index is 5.16. The van der Waals surface area contributed by atoms with Gasteiger partial charge < -0.3 is 33.8 Å². The van der Waals surface area contributed by atoms with Crippen LogP contribution >= 0.6 is 15.6 Å². The Bertz CT molecular complexity index is 1650. The van der Waals surface area contributed by atoms with Gasteiger partial charge in [0.1, 0.15) is 19.3 Å². The largest absolute Gasteiger partial charge is 0.472 e. The second-order valence-electron chi connectivity index (χ2n) is 24.1. The highest BCUT2D eigenvalue weighted by Gasteiger charge is 2.30. The van der Waals surface area contributed by atoms with E-state index in [0.29, 0.717) is 25.7 Å². The van der Waals surface area contributed by atoms with E-state index in [1.165, 1.54) is 154 Å². The second-order valence-corrected chi connectivity index (χ2v) is 27.0. The Kier molecular flexibility index (Phi) is 58.3. The highest BCUT2D eigenvalue weighted by atomic mass is 31.2. The first-order chi connectivity index (χ1) is 41.1. The Labute approximate surface area is 517 Å². The van der Waals surface area contributed by atoms with Crippen molar-refractivity contribution in [3.05, 3.63) is 0 Å². The highest BCUT2D eigenvalue weighted by molar-refractivity contribution is 7.47. The lowest BCUT2D eigenvalue weighted by Crippen LogP contribution is -2.30. The smallest absolute Gasteiger partial charge is 0.462 e. The van der Waals surface area contributed by atoms with E-state index in [1.807, 2.05) is 0 Å². The molecule has 0 bridgehead atoms. The number of carbonyl (C=O) groups is 4. The van der Waals surface area contributed by atoms with Crippen LogP contribution in [0.25, 0.3) is 0 Å². The topological polar surface area (TPSA) is 237 Å². The number of aliphatic hydroxyl groups excluding tert-OH is 1. The number of phosphoric ester groups is 2. The third kappa shape index (κ3) is 59.5. The molecule has 0 aliphatic rings. The van der Waals surface area contributed by atoms with Crippen LogP contribution in [0.5, 0.6) is 0 Å². The van der Waals surface area contributed by atoms with Crippen LogP contribution in [0, 0.1) is 5.92 Å². The van der Waals surface area contributed by atoms with Crippen molar-refractivity contribution in [2.75, 3.05) is 39.6 Å². The minimum absolute atomic E-state index is 0.105. The number of aliphatic hydroxyl groups is 1. The number of esters is 4. The molecule has 17 nitrogen and oxygen atoms in total. The fourth-order valence-corrected chi connectivity index (χ4v) is 11.5. The normalized spacial score (nSPS) is 14.5. The Morgan fingerprint density at radius 3 is 0.835 bits per heavy atom. The van der Waals surface area contributed by atoms with Crippen molar-refractivity contribution in [3.63, 3.8) is 0 Å². The van der Waals surface area contributed by atoms with Crippen molar-refractivity contribution >= 4 is 39.5 Å². The summed E-state index contributed by atoms with van der Waals surface area (Å²) in [6.45, 7) is 7.14. The zero-order valence-corrected chi connectivity index (χ0v) is 56.5. The fraction of sp³-hybridized carbons (Fsp3) is 0.939. The van der Waals surface area contributed by atoms with Crippen LogP contribution in [0.3, 0.4) is 0 Å². The SMILES string of the molecule is CCCCCCCCCCCCCCCCCCCC(=O)O[C@H](COC(=O)CCCCCCCCCCCCC(C)CC)COP(=O)(O)OC[C@@H](O)COP(=O)(O)OC[C@@H](COC(=O)CCCCCCC)OC(=O)CCCCCCCCCCC. The predicted molar refractivity (Wildman–Crippen MR) is 340 cm³/mol. The number of hydrogen-bond donors (Lipinski definition) is 3. The minimum atomic E-state index is -4.95. The third-order valence-corrected chi connectivity index (χ3v) is 17.5. The molecule has 0 rings (SSSR count). The van der Waals surface area contributed by atoms with E-state index >= 15 is 0 Å². The summed E-state index contributed by atoms with van der Waals surface area (Å²) in [4.78, 5) is 72.0. The summed E-state index contributed by atoms with van der Waals surface area (Å²) < 4.78 is 67.9. The monoisotopic (exact) mass is 1250 g/mol. The summed E-state index contributed by atoms with van der Waals surface area (Å²) in [5.74, 6) is -1.33. The molecule has 3 N–H and O–H groups in total. The first-order valence-corrected chi connectivity index (χ1v) is 37.7. The summed E-state index contributed by atoms with van der Waals surface area (Å²) >= 11 is 0. The molecular formula is C66H128O17P2. The van der Waals surface area contributed by atoms with Crippen molar-refractivity contribution in [1.82, 2.24) is 0 Å². The Morgan fingerprint density at radius 1 is 0.329 bits per heavy atom. The number of hydrogen-bond acceptors (Lipinski definition) is 15. The molecule has 0 fully saturated rings. The van der Waals surface area contributed by atoms with Crippen LogP contribution in [-0.4, -0.2) is 96.7 Å². The molecule has 0 aromatic carbocycles. The summed E-state index contributed by atoms with van der Waals surface area (Å²) in [7, 11) is -9.88. The van der Waals surface area contributed by atoms with Gasteiger partial charge in [0.05, 0.1) is 26.4 Å². The van der Waals surface area contributed by atoms with Crippen molar-refractivity contribution in [3.8, 4) is 0 Å². The van der Waals surface area contributed by atoms with E-state index in [0.717, 1.165) is 102 Å². The number of carbonyl (C=O) groups excluding carboxylic acids is 4. The zero-order valence-electron chi connectivity index (χ0n) is 54.7. The molecule has 0 amide bonds. The van der Waals surface area contributed by atoms with E-state index in [-0.39, 0.29) is 25.7 Å². The van der Waals surface area contributed by atoms with Gasteiger partial charge in [-0.15, -0.1) is 0 Å². The summed E-state index contributed by atoms with van der Waals surface area (Å²) in [6.07, 6.45) is 44.8. The number of rotatable bonds is 66. The van der Waals surface area contributed by atoms with E-state index in [1.54, 1.807) is 0 Å². The molecule has 0 radical (unpaired) electrons. The fourth-order valence-electron chi connectivity index (χ4n) is 9.90. The van der Waals surface area contributed by atoms with Crippen molar-refractivity contribution in [2.45, 2.75) is 355 Å². The summed E-state index contributed by atoms with van der Waals surface area (Å²) in [5.41, 5.74) is 0. The Morgan fingerprint density at radius 2 is 0.565 bits per heavy atom. The van der Waals surface area contributed by atoms with Crippen LogP contribution < -0.4 is 0 Å². The molecule has 3 unspecified atom stereocenters. The molecule has 85 heavy (non-hydrogen) atoms. The molecule has 0 aromatic heterocycles. The van der Waals surface area contributed by atoms with Gasteiger partial charge in [-0.25, -0.2) is 9.13 Å². The molecule has 0 saturated carbocycles. The minimum Gasteiger partial charge on any atom is -0.462 e. The lowest BCUT2D eigenvalue weighted by Gasteiger charge is -2.21. The molecule has 0 aliphatic carbocycles. The van der Waals surface area contributed by atoms with E-state index in [2.05, 4.69) is 34.6 Å². The quantitative estimate of drug-likeness (QED) is 0.0222. The molecule has 0 heterocycles. The average molecular weight is 1260 g/mol. The molecule has 6 atom stereocenters. The molecule has 19 heteroatoms. The molecule has 0 spiro atoms. The lowest BCUT2D eigenvalue weighted by molar-refractivity contribution is -0.161. The lowest BCUT2D eigenvalue weighted by atomic mass is 9.99. The standard InChI is InChI=1S/C66H128O17P2/c1-6-10-13-16-18-20-21-22-23-24-25-26-27-33-37-42-47-52-66(71)83-62(56-77-64(69)50-45-40-35-32-29-28-31-34-39-43-48-59(5)9-4)58-81-85(74,75)79-54-60(67)53-78-84(72,73)80-57-61(55-76-63(68)49-44-38-15-12-8-3)82-65(70)51-46-41-36-30-19-17-14-11-7-2/h59-62,67H,6-58H2,1-5H3,(H,72,73)(H,74,75)/t59?,60-,61+,62+/m0/s1. The summed E-state index contributed by atoms with van der Waals surface area (Å²) in [6, 6.07) is 0. The maximum Gasteiger partial charge on any atom is 0.472 e. The zero-order chi connectivity index (χ0) is 62.8. The predicted octanol–water partition coefficient (Wildman–Crippen LogP) is 18.6. The molecule has 0 aromatic rings. The maximum absolute atomic E-state index is 13.0. The van der Waals surface area contributed by atoms with Gasteiger partial charge in [0, 0.05) is 25.7 Å². The average Bonchev–Trinajstić information content (AvgIpc) is 3.62. The van der Waals surface area contributed by atoms with Crippen LogP contribution in [0.4, 0.5) is 0 Å². The van der Waals surface area contributed by atoms with E-state index in [4.69, 9.17) is 37.0 Å². The first-order valence-electron chi connectivity index (χ1n) is 34.7. The van der Waals surface area contributed by atoms with Crippen LogP contribution in [0.2, 0.25) is 0 Å². The van der Waals surface area contributed by atoms with Crippen LogP contribution in [-0.2, 0) is 65.4 Å². The van der Waals surface area contributed by atoms with Gasteiger partial charge in [0.15, 0.2) is 12.2 Å². The van der Waals surface area contributed by atoms with Crippen molar-refractivity contribution < 1.29 is 80.2 Å². The van der Waals surface area contributed by atoms with Crippen molar-refractivity contribution in [1.29, 1.82) is 0 Å². The van der Waals surface area contributed by atoms with Gasteiger partial charge in [0.2, 0.25) is 0 Å². The molecular weight excluding hydrogens is 1130 g/mol. The number of ether oxygens (including phenoxy) is 4. The van der Waals surface area contributed by atoms with Gasteiger partial charge in [0.25, 0.3) is 0 Å². The second kappa shape index (κ2) is 59.7. The Hall–Kier alpha value is -1.94. The summed E-state index contributed by atoms with van der Waals surface area (Å²) in [5, 5.41) is 10.5. The van der Waals surface area contributed by atoms with Crippen molar-refractivity contribution in [2.24, 2.45) is 5.92 Å². The van der Waals surface area contributed by atoms with Gasteiger partial charge in [-0.2, -0.15) is 0 Å². The first kappa shape index (κ1) is 83.1. The van der Waals surface area contributed by atoms with Gasteiger partial charge >= 0.3 is 39.5 Å². The number of phosphoric acid groups is 2. The van der Waals surface area contributed by atoms with Gasteiger partial charge in [-0.3, -0.25) is 37.3 Å². The molecule has 504 valence electrons. The van der Waals surface area contributed by atoms with Crippen LogP contribution in [0.15, 0.2) is 0 Å². The highest BCUT2D eigenvalue weighted by Crippen LogP contribution is 2.45. The van der Waals surface area contributed by atoms with E-state index < -0.39 is 97.5 Å². The van der Waals surface area contributed by atoms with Gasteiger partial charge in [-0.1, -0.05) is 285 Å².